The van der Waals surface area contributed by atoms with E-state index in [1.54, 1.807) is 50.1 Å². The van der Waals surface area contributed by atoms with Crippen molar-refractivity contribution in [1.29, 1.82) is 0 Å². The van der Waals surface area contributed by atoms with E-state index >= 15 is 0 Å². The summed E-state index contributed by atoms with van der Waals surface area (Å²) in [7, 11) is 0.216. The first-order valence-electron chi connectivity index (χ1n) is 21.3. The van der Waals surface area contributed by atoms with Gasteiger partial charge in [-0.15, -0.1) is 16.4 Å². The monoisotopic (exact) mass is 869 g/mol. The Kier molecular flexibility index (Phi) is 12.7. The highest BCUT2D eigenvalue weighted by Crippen LogP contribution is 2.29. The molecule has 3 N–H and O–H groups in total. The molecular weight excluding hydrogens is 817 g/mol. The minimum Gasteiger partial charge on any atom is -0.353 e. The zero-order valence-electron chi connectivity index (χ0n) is 36.2. The average molecular weight is 870 g/mol. The number of aromatic nitrogens is 7. The molecule has 0 unspecified atom stereocenters. The number of aryl methyl sites for hydroxylation is 2. The minimum atomic E-state index is -0.796. The SMILES string of the molecule is Cc1ccc(-n2nc(N3CCN(CBC(=O)N[C@H](C(=O)N4CCC[C@H]4C(=O)NCc4ccc(-c5scnc5C)cc4)C(C)(C)C)CC3)cc2NC(=O)c2cnn3cccnc23)nc1. The molecule has 0 radical (unpaired) electrons. The summed E-state index contributed by atoms with van der Waals surface area (Å²) < 4.78 is 3.17. The van der Waals surface area contributed by atoms with Crippen LogP contribution in [-0.4, -0.2) is 126 Å². The molecule has 6 aromatic rings. The maximum atomic E-state index is 14.1. The number of fused-ring (bicyclic) bond motifs is 1. The summed E-state index contributed by atoms with van der Waals surface area (Å²) in [6, 6.07) is 14.1. The quantitative estimate of drug-likeness (QED) is 0.141. The summed E-state index contributed by atoms with van der Waals surface area (Å²) in [5.41, 5.74) is 6.07. The van der Waals surface area contributed by atoms with Gasteiger partial charge in [-0.1, -0.05) is 51.1 Å². The van der Waals surface area contributed by atoms with Crippen LogP contribution in [0.15, 0.2) is 78.8 Å². The number of amides is 4. The van der Waals surface area contributed by atoms with Crippen molar-refractivity contribution in [2.75, 3.05) is 49.4 Å². The molecule has 1 aromatic carbocycles. The highest BCUT2D eigenvalue weighted by atomic mass is 32.1. The highest BCUT2D eigenvalue weighted by molar-refractivity contribution is 7.13. The molecule has 0 bridgehead atoms. The second kappa shape index (κ2) is 18.5. The molecule has 2 fully saturated rings. The van der Waals surface area contributed by atoms with E-state index in [2.05, 4.69) is 45.8 Å². The number of likely N-dealkylation sites (tertiary alicyclic amines) is 1. The van der Waals surface area contributed by atoms with E-state index in [9.17, 15) is 19.2 Å². The summed E-state index contributed by atoms with van der Waals surface area (Å²) in [6.45, 7) is 13.2. The van der Waals surface area contributed by atoms with Crippen LogP contribution in [0.5, 0.6) is 0 Å². The molecule has 0 spiro atoms. The number of carbonyl (C=O) groups is 4. The van der Waals surface area contributed by atoms with E-state index < -0.39 is 17.5 Å². The molecule has 0 aliphatic carbocycles. The van der Waals surface area contributed by atoms with Gasteiger partial charge in [-0.25, -0.2) is 19.5 Å². The lowest BCUT2D eigenvalue weighted by atomic mass is 9.75. The maximum Gasteiger partial charge on any atom is 0.262 e. The Morgan fingerprint density at radius 2 is 1.73 bits per heavy atom. The topological polar surface area (TPSA) is 188 Å². The molecule has 0 saturated carbocycles. The average Bonchev–Trinajstić information content (AvgIpc) is 4.11. The third-order valence-electron chi connectivity index (χ3n) is 11.6. The molecule has 8 rings (SSSR count). The Morgan fingerprint density at radius 1 is 0.937 bits per heavy atom. The number of thiazole rings is 1. The summed E-state index contributed by atoms with van der Waals surface area (Å²) in [5, 5.41) is 18.2. The number of pyridine rings is 1. The first kappa shape index (κ1) is 43.2. The molecule has 17 nitrogen and oxygen atoms in total. The predicted molar refractivity (Wildman–Crippen MR) is 243 cm³/mol. The molecule has 2 saturated heterocycles. The van der Waals surface area contributed by atoms with Gasteiger partial charge in [-0.05, 0) is 67.4 Å². The third kappa shape index (κ3) is 9.79. The zero-order valence-corrected chi connectivity index (χ0v) is 37.1. The smallest absolute Gasteiger partial charge is 0.262 e. The largest absolute Gasteiger partial charge is 0.353 e. The summed E-state index contributed by atoms with van der Waals surface area (Å²) in [5.74, 6) is 0.673. The van der Waals surface area contributed by atoms with E-state index in [1.807, 2.05) is 82.6 Å². The lowest BCUT2D eigenvalue weighted by Gasteiger charge is -2.36. The van der Waals surface area contributed by atoms with Crippen molar-refractivity contribution in [1.82, 2.24) is 54.8 Å². The Morgan fingerprint density at radius 3 is 2.44 bits per heavy atom. The number of piperazine rings is 1. The Labute approximate surface area is 370 Å². The molecule has 326 valence electrons. The number of nitrogens with one attached hydrogen (secondary N) is 3. The Balaban J connectivity index is 0.846. The van der Waals surface area contributed by atoms with E-state index in [4.69, 9.17) is 5.10 Å². The van der Waals surface area contributed by atoms with Gasteiger partial charge in [0.1, 0.15) is 23.5 Å². The highest BCUT2D eigenvalue weighted by Gasteiger charge is 2.42. The maximum absolute atomic E-state index is 14.1. The van der Waals surface area contributed by atoms with Crippen molar-refractivity contribution < 1.29 is 19.2 Å². The number of carbonyl (C=O) groups excluding carboxylic acids is 4. The molecule has 2 aliphatic heterocycles. The first-order valence-corrected chi connectivity index (χ1v) is 22.2. The number of nitrogens with zero attached hydrogens (tertiary/aromatic N) is 10. The number of anilines is 2. The molecule has 5 aromatic heterocycles. The van der Waals surface area contributed by atoms with Crippen molar-refractivity contribution >= 4 is 59.4 Å². The number of hydrogen-bond acceptors (Lipinski definition) is 12. The van der Waals surface area contributed by atoms with Crippen molar-refractivity contribution in [2.24, 2.45) is 5.41 Å². The van der Waals surface area contributed by atoms with Gasteiger partial charge in [-0.3, -0.25) is 19.2 Å². The molecule has 2 aliphatic rings. The van der Waals surface area contributed by atoms with Gasteiger partial charge in [0.15, 0.2) is 23.1 Å². The third-order valence-corrected chi connectivity index (χ3v) is 12.6. The second-order valence-corrected chi connectivity index (χ2v) is 18.1. The van der Waals surface area contributed by atoms with Crippen LogP contribution in [0.25, 0.3) is 21.9 Å². The number of rotatable bonds is 13. The van der Waals surface area contributed by atoms with Gasteiger partial charge in [0.2, 0.25) is 19.1 Å². The summed E-state index contributed by atoms with van der Waals surface area (Å²) >= 11 is 1.60. The van der Waals surface area contributed by atoms with E-state index in [0.29, 0.717) is 87.2 Å². The minimum absolute atomic E-state index is 0.193. The van der Waals surface area contributed by atoms with Gasteiger partial charge in [0, 0.05) is 63.9 Å². The normalized spacial score (nSPS) is 16.2. The van der Waals surface area contributed by atoms with Crippen LogP contribution in [0.1, 0.15) is 60.8 Å². The fraction of sp³-hybridized carbons (Fsp3) is 0.386. The number of hydrogen-bond donors (Lipinski definition) is 3. The summed E-state index contributed by atoms with van der Waals surface area (Å²) in [4.78, 5) is 75.0. The van der Waals surface area contributed by atoms with Crippen molar-refractivity contribution in [3.8, 4) is 16.3 Å². The van der Waals surface area contributed by atoms with Crippen LogP contribution in [0.4, 0.5) is 16.4 Å². The van der Waals surface area contributed by atoms with Gasteiger partial charge in [-0.2, -0.15) is 9.78 Å². The Bertz CT molecular complexity index is 2590. The van der Waals surface area contributed by atoms with Gasteiger partial charge >= 0.3 is 0 Å². The van der Waals surface area contributed by atoms with Crippen LogP contribution in [0.3, 0.4) is 0 Å². The molecule has 19 heteroatoms. The predicted octanol–water partition coefficient (Wildman–Crippen LogP) is 4.25. The molecule has 63 heavy (non-hydrogen) atoms. The zero-order chi connectivity index (χ0) is 44.3. The molecular formula is C44H52BN13O4S. The Hall–Kier alpha value is -6.47. The standard InChI is InChI=1S/C44H52BN13O4S/c1-28-9-14-34(47-23-28)58-35(51-40(59)32-25-50-57-17-7-15-46-39(32)57)22-36(53-58)55-20-18-54(19-21-55)26-45-43(62)52-38(44(3,4)5)42(61)56-16-6-8-33(56)41(60)48-24-30-10-12-31(13-11-30)37-29(2)49-27-63-37/h7,9-15,17,22-23,25,27,33,38,45H,6,8,16,18-21,24,26H2,1-5H3,(H,48,60)(H,51,59)(H,52,62)/t33-,38+/m0/s1. The summed E-state index contributed by atoms with van der Waals surface area (Å²) in [6.07, 6.45) is 8.38. The fourth-order valence-corrected chi connectivity index (χ4v) is 8.83. The van der Waals surface area contributed by atoms with Crippen molar-refractivity contribution in [3.05, 3.63) is 101 Å². The second-order valence-electron chi connectivity index (χ2n) is 17.2. The van der Waals surface area contributed by atoms with E-state index in [-0.39, 0.29) is 30.8 Å². The fourth-order valence-electron chi connectivity index (χ4n) is 8.01. The van der Waals surface area contributed by atoms with Crippen LogP contribution < -0.4 is 20.9 Å². The van der Waals surface area contributed by atoms with E-state index in [1.165, 1.54) is 6.20 Å². The number of benzene rings is 1. The van der Waals surface area contributed by atoms with Gasteiger partial charge in [0.05, 0.1) is 22.3 Å². The molecule has 4 amide bonds. The first-order chi connectivity index (χ1) is 30.3. The van der Waals surface area contributed by atoms with Gasteiger partial charge in [0.25, 0.3) is 5.91 Å². The van der Waals surface area contributed by atoms with E-state index in [0.717, 1.165) is 27.3 Å². The van der Waals surface area contributed by atoms with Crippen LogP contribution in [0, 0.1) is 19.3 Å². The molecule has 7 heterocycles. The van der Waals surface area contributed by atoms with Gasteiger partial charge < -0.3 is 30.7 Å². The van der Waals surface area contributed by atoms with Crippen molar-refractivity contribution in [2.45, 2.75) is 66.1 Å². The van der Waals surface area contributed by atoms with Crippen LogP contribution >= 0.6 is 11.3 Å². The van der Waals surface area contributed by atoms with Crippen LogP contribution in [-0.2, 0) is 16.1 Å². The lowest BCUT2D eigenvalue weighted by molar-refractivity contribution is -0.141. The lowest BCUT2D eigenvalue weighted by Crippen LogP contribution is -2.58. The van der Waals surface area contributed by atoms with Crippen molar-refractivity contribution in [3.63, 3.8) is 0 Å². The van der Waals surface area contributed by atoms with Crippen LogP contribution in [0.2, 0.25) is 0 Å². The molecule has 2 atom stereocenters.